The molecule has 0 amide bonds. The van der Waals surface area contributed by atoms with Crippen LogP contribution in [0.3, 0.4) is 0 Å². The zero-order valence-electron chi connectivity index (χ0n) is 9.06. The number of ketones is 1. The molecule has 0 radical (unpaired) electrons. The Balaban J connectivity index is 2.17. The van der Waals surface area contributed by atoms with Crippen LogP contribution in [0.2, 0.25) is 0 Å². The number of furan rings is 1. The summed E-state index contributed by atoms with van der Waals surface area (Å²) < 4.78 is 5.20. The maximum atomic E-state index is 11.0. The fraction of sp³-hybridized carbons (Fsp3) is 0.167. The van der Waals surface area contributed by atoms with E-state index in [4.69, 9.17) is 4.42 Å². The average molecular weight is 233 g/mol. The van der Waals surface area contributed by atoms with Crippen molar-refractivity contribution in [3.05, 3.63) is 42.1 Å². The van der Waals surface area contributed by atoms with Crippen molar-refractivity contribution in [1.29, 1.82) is 0 Å². The van der Waals surface area contributed by atoms with Crippen molar-refractivity contribution in [2.75, 3.05) is 0 Å². The molecule has 0 aliphatic heterocycles. The van der Waals surface area contributed by atoms with Crippen LogP contribution in [0.4, 0.5) is 0 Å². The number of Topliss-reactive ketones (excluding diaryl/α,β-unsaturated/α-hetero) is 1. The molecule has 0 atom stereocenters. The highest BCUT2D eigenvalue weighted by molar-refractivity contribution is 7.99. The van der Waals surface area contributed by atoms with Crippen molar-refractivity contribution in [2.45, 2.75) is 23.6 Å². The Kier molecular flexibility index (Phi) is 3.10. The van der Waals surface area contributed by atoms with E-state index in [0.29, 0.717) is 5.69 Å². The molecular formula is C12H11NO2S. The number of hydrogen-bond donors (Lipinski definition) is 0. The summed E-state index contributed by atoms with van der Waals surface area (Å²) in [4.78, 5) is 17.2. The van der Waals surface area contributed by atoms with Crippen LogP contribution in [-0.4, -0.2) is 10.8 Å². The average Bonchev–Trinajstić information content (AvgIpc) is 2.65. The Morgan fingerprint density at radius 1 is 1.38 bits per heavy atom. The molecule has 0 aromatic carbocycles. The van der Waals surface area contributed by atoms with E-state index in [1.54, 1.807) is 30.3 Å². The van der Waals surface area contributed by atoms with Crippen molar-refractivity contribution in [3.8, 4) is 0 Å². The van der Waals surface area contributed by atoms with Crippen molar-refractivity contribution in [1.82, 2.24) is 4.98 Å². The zero-order chi connectivity index (χ0) is 11.5. The molecule has 82 valence electrons. The van der Waals surface area contributed by atoms with Gasteiger partial charge in [0.05, 0.1) is 11.2 Å². The number of carbonyl (C=O) groups is 1. The van der Waals surface area contributed by atoms with Crippen LogP contribution in [0.25, 0.3) is 0 Å². The summed E-state index contributed by atoms with van der Waals surface area (Å²) in [5.41, 5.74) is 0.494. The lowest BCUT2D eigenvalue weighted by Gasteiger charge is -2.00. The van der Waals surface area contributed by atoms with E-state index in [9.17, 15) is 4.79 Å². The van der Waals surface area contributed by atoms with Gasteiger partial charge in [-0.25, -0.2) is 0 Å². The lowest BCUT2D eigenvalue weighted by molar-refractivity contribution is 0.101. The molecule has 0 fully saturated rings. The van der Waals surface area contributed by atoms with E-state index in [1.807, 2.05) is 19.1 Å². The first-order valence-corrected chi connectivity index (χ1v) is 5.67. The molecule has 16 heavy (non-hydrogen) atoms. The summed E-state index contributed by atoms with van der Waals surface area (Å²) in [5.74, 6) is 0.872. The third-order valence-corrected chi connectivity index (χ3v) is 3.26. The Morgan fingerprint density at radius 2 is 2.19 bits per heavy atom. The number of pyridine rings is 1. The third kappa shape index (κ3) is 2.33. The monoisotopic (exact) mass is 233 g/mol. The van der Waals surface area contributed by atoms with E-state index in [2.05, 4.69) is 4.98 Å². The van der Waals surface area contributed by atoms with Gasteiger partial charge < -0.3 is 4.42 Å². The fourth-order valence-corrected chi connectivity index (χ4v) is 2.07. The van der Waals surface area contributed by atoms with Gasteiger partial charge in [0.1, 0.15) is 11.5 Å². The smallest absolute Gasteiger partial charge is 0.178 e. The first kappa shape index (κ1) is 11.0. The molecule has 0 aliphatic carbocycles. The lowest BCUT2D eigenvalue weighted by Crippen LogP contribution is -1.95. The topological polar surface area (TPSA) is 43.1 Å². The molecule has 4 heteroatoms. The van der Waals surface area contributed by atoms with Gasteiger partial charge in [-0.05, 0) is 25.1 Å². The maximum Gasteiger partial charge on any atom is 0.178 e. The molecule has 0 saturated carbocycles. The predicted octanol–water partition coefficient (Wildman–Crippen LogP) is 3.34. The molecule has 0 N–H and O–H groups in total. The second kappa shape index (κ2) is 4.53. The van der Waals surface area contributed by atoms with Gasteiger partial charge in [0.2, 0.25) is 0 Å². The molecule has 2 aromatic heterocycles. The van der Waals surface area contributed by atoms with E-state index < -0.39 is 0 Å². The third-order valence-electron chi connectivity index (χ3n) is 2.14. The van der Waals surface area contributed by atoms with Crippen LogP contribution in [0.15, 0.2) is 44.9 Å². The van der Waals surface area contributed by atoms with Crippen LogP contribution in [0, 0.1) is 6.92 Å². The second-order valence-electron chi connectivity index (χ2n) is 3.38. The number of aryl methyl sites for hydroxylation is 1. The summed E-state index contributed by atoms with van der Waals surface area (Å²) >= 11 is 1.57. The SMILES string of the molecule is CC(=O)c1ccc(Sc2ccoc2C)cn1. The Labute approximate surface area is 97.9 Å². The molecule has 0 spiro atoms. The molecule has 2 rings (SSSR count). The van der Waals surface area contributed by atoms with Crippen molar-refractivity contribution in [3.63, 3.8) is 0 Å². The van der Waals surface area contributed by atoms with E-state index in [0.717, 1.165) is 15.6 Å². The molecule has 0 bridgehead atoms. The summed E-state index contributed by atoms with van der Waals surface area (Å²) in [7, 11) is 0. The highest BCUT2D eigenvalue weighted by atomic mass is 32.2. The van der Waals surface area contributed by atoms with Gasteiger partial charge in [0.15, 0.2) is 5.78 Å². The van der Waals surface area contributed by atoms with E-state index >= 15 is 0 Å². The van der Waals surface area contributed by atoms with Crippen LogP contribution in [0.1, 0.15) is 23.2 Å². The van der Waals surface area contributed by atoms with Gasteiger partial charge >= 0.3 is 0 Å². The van der Waals surface area contributed by atoms with E-state index in [1.165, 1.54) is 6.92 Å². The minimum absolute atomic E-state index is 0.0176. The van der Waals surface area contributed by atoms with Crippen molar-refractivity contribution >= 4 is 17.5 Å². The van der Waals surface area contributed by atoms with Gasteiger partial charge in [-0.1, -0.05) is 11.8 Å². The largest absolute Gasteiger partial charge is 0.468 e. The van der Waals surface area contributed by atoms with Gasteiger partial charge in [-0.3, -0.25) is 9.78 Å². The minimum Gasteiger partial charge on any atom is -0.468 e. The summed E-state index contributed by atoms with van der Waals surface area (Å²) in [6.45, 7) is 3.43. The molecule has 0 unspecified atom stereocenters. The van der Waals surface area contributed by atoms with Crippen LogP contribution in [0.5, 0.6) is 0 Å². The fourth-order valence-electron chi connectivity index (χ4n) is 1.26. The predicted molar refractivity (Wildman–Crippen MR) is 61.8 cm³/mol. The van der Waals surface area contributed by atoms with Gasteiger partial charge in [-0.15, -0.1) is 0 Å². The van der Waals surface area contributed by atoms with Crippen LogP contribution >= 0.6 is 11.8 Å². The minimum atomic E-state index is -0.0176. The molecule has 2 heterocycles. The molecular weight excluding hydrogens is 222 g/mol. The molecule has 0 saturated heterocycles. The first-order valence-electron chi connectivity index (χ1n) is 4.86. The Morgan fingerprint density at radius 3 is 2.69 bits per heavy atom. The van der Waals surface area contributed by atoms with Gasteiger partial charge in [0, 0.05) is 18.0 Å². The summed E-state index contributed by atoms with van der Waals surface area (Å²) in [6, 6.07) is 5.54. The van der Waals surface area contributed by atoms with Crippen LogP contribution in [-0.2, 0) is 0 Å². The Bertz CT molecular complexity index is 502. The van der Waals surface area contributed by atoms with E-state index in [-0.39, 0.29) is 5.78 Å². The number of rotatable bonds is 3. The zero-order valence-corrected chi connectivity index (χ0v) is 9.88. The molecule has 3 nitrogen and oxygen atoms in total. The quantitative estimate of drug-likeness (QED) is 0.762. The second-order valence-corrected chi connectivity index (χ2v) is 4.49. The van der Waals surface area contributed by atoms with Crippen LogP contribution < -0.4 is 0 Å². The lowest BCUT2D eigenvalue weighted by atomic mass is 10.3. The molecule has 2 aromatic rings. The highest BCUT2D eigenvalue weighted by Crippen LogP contribution is 2.30. The van der Waals surface area contributed by atoms with Crippen molar-refractivity contribution in [2.24, 2.45) is 0 Å². The standard InChI is InChI=1S/C12H11NO2S/c1-8(14)11-4-3-10(7-13-11)16-12-5-6-15-9(12)2/h3-7H,1-2H3. The summed E-state index contributed by atoms with van der Waals surface area (Å²) in [5, 5.41) is 0. The van der Waals surface area contributed by atoms with Gasteiger partial charge in [0.25, 0.3) is 0 Å². The number of carbonyl (C=O) groups excluding carboxylic acids is 1. The maximum absolute atomic E-state index is 11.0. The number of nitrogens with zero attached hydrogens (tertiary/aromatic N) is 1. The first-order chi connectivity index (χ1) is 7.66. The molecule has 0 aliphatic rings. The summed E-state index contributed by atoms with van der Waals surface area (Å²) in [6.07, 6.45) is 3.36. The Hall–Kier alpha value is -1.55. The van der Waals surface area contributed by atoms with Gasteiger partial charge in [-0.2, -0.15) is 0 Å². The number of hydrogen-bond acceptors (Lipinski definition) is 4. The van der Waals surface area contributed by atoms with Crippen molar-refractivity contribution < 1.29 is 9.21 Å². The number of aromatic nitrogens is 1. The normalized spacial score (nSPS) is 10.4. The highest BCUT2D eigenvalue weighted by Gasteiger charge is 2.05.